The highest BCUT2D eigenvalue weighted by Crippen LogP contribution is 2.09. The highest BCUT2D eigenvalue weighted by atomic mass is 79.9. The Morgan fingerprint density at radius 1 is 1.19 bits per heavy atom. The number of nitrogens with one attached hydrogen (secondary N) is 1. The summed E-state index contributed by atoms with van der Waals surface area (Å²) < 4.78 is 1.55. The Hall–Kier alpha value is -1.00. The number of hydrogen-bond acceptors (Lipinski definition) is 2. The lowest BCUT2D eigenvalue weighted by Gasteiger charge is -2.02. The van der Waals surface area contributed by atoms with E-state index in [1.165, 1.54) is 5.56 Å². The summed E-state index contributed by atoms with van der Waals surface area (Å²) in [6.07, 6.45) is 3.60. The van der Waals surface area contributed by atoms with Gasteiger partial charge in [-0.3, -0.25) is 0 Å². The van der Waals surface area contributed by atoms with Crippen LogP contribution in [0, 0.1) is 4.64 Å². The quantitative estimate of drug-likeness (QED) is 0.875. The Morgan fingerprint density at radius 2 is 1.94 bits per heavy atom. The van der Waals surface area contributed by atoms with E-state index in [0.29, 0.717) is 4.64 Å². The van der Waals surface area contributed by atoms with Gasteiger partial charge in [0.25, 0.3) is 0 Å². The molecule has 0 fully saturated rings. The van der Waals surface area contributed by atoms with E-state index in [2.05, 4.69) is 38.0 Å². The molecular weight excluding hydrogens is 284 g/mol. The van der Waals surface area contributed by atoms with Gasteiger partial charge in [0, 0.05) is 12.6 Å². The Bertz CT molecular complexity index is 522. The predicted molar refractivity (Wildman–Crippen MR) is 71.0 cm³/mol. The van der Waals surface area contributed by atoms with E-state index in [0.717, 1.165) is 23.1 Å². The number of rotatable bonds is 3. The molecule has 0 aliphatic rings. The smallest absolute Gasteiger partial charge is 0.120 e. The summed E-state index contributed by atoms with van der Waals surface area (Å²) in [7, 11) is 0. The van der Waals surface area contributed by atoms with Gasteiger partial charge in [-0.1, -0.05) is 42.5 Å². The van der Waals surface area contributed by atoms with Gasteiger partial charge in [-0.05, 0) is 27.9 Å². The summed E-state index contributed by atoms with van der Waals surface area (Å²) in [6, 6.07) is 10.4. The highest BCUT2D eigenvalue weighted by molar-refractivity contribution is 9.10. The molecule has 0 radical (unpaired) electrons. The van der Waals surface area contributed by atoms with Gasteiger partial charge in [-0.15, -0.1) is 0 Å². The molecule has 2 nitrogen and oxygen atoms in total. The van der Waals surface area contributed by atoms with Gasteiger partial charge < -0.3 is 4.98 Å². The topological polar surface area (TPSA) is 28.7 Å². The third-order valence-electron chi connectivity index (χ3n) is 2.30. The lowest BCUT2D eigenvalue weighted by Crippen LogP contribution is -1.98. The molecule has 0 saturated carbocycles. The van der Waals surface area contributed by atoms with Crippen LogP contribution in [0.15, 0.2) is 41.0 Å². The zero-order valence-corrected chi connectivity index (χ0v) is 11.0. The van der Waals surface area contributed by atoms with E-state index in [1.54, 1.807) is 6.20 Å². The van der Waals surface area contributed by atoms with Crippen LogP contribution in [0.5, 0.6) is 0 Å². The molecule has 0 saturated heterocycles. The third-order valence-corrected chi connectivity index (χ3v) is 3.49. The van der Waals surface area contributed by atoms with Crippen LogP contribution in [0.2, 0.25) is 0 Å². The van der Waals surface area contributed by atoms with Crippen LogP contribution < -0.4 is 0 Å². The van der Waals surface area contributed by atoms with Crippen molar-refractivity contribution in [3.63, 3.8) is 0 Å². The van der Waals surface area contributed by atoms with Crippen LogP contribution >= 0.6 is 28.1 Å². The Labute approximate surface area is 108 Å². The molecule has 1 aromatic heterocycles. The summed E-state index contributed by atoms with van der Waals surface area (Å²) in [5.41, 5.74) is 1.31. The fourth-order valence-electron chi connectivity index (χ4n) is 1.45. The standard InChI is InChI=1S/C12H11BrN2S/c13-10-8-14-11(15-12(10)16)7-6-9-4-2-1-3-5-9/h1-5,8H,6-7H2,(H,14,15,16). The van der Waals surface area contributed by atoms with Crippen molar-refractivity contribution in [2.45, 2.75) is 12.8 Å². The second kappa shape index (κ2) is 5.37. The SMILES string of the molecule is S=c1[nH]c(CCc2ccccc2)ncc1Br. The molecular formula is C12H11BrN2S. The predicted octanol–water partition coefficient (Wildman–Crippen LogP) is 3.69. The minimum absolute atomic E-state index is 0.707. The van der Waals surface area contributed by atoms with E-state index < -0.39 is 0 Å². The first-order valence-corrected chi connectivity index (χ1v) is 6.23. The Kier molecular flexibility index (Phi) is 3.85. The van der Waals surface area contributed by atoms with Crippen LogP contribution in [0.25, 0.3) is 0 Å². The Balaban J connectivity index is 2.05. The van der Waals surface area contributed by atoms with Crippen molar-refractivity contribution < 1.29 is 0 Å². The maximum atomic E-state index is 5.13. The number of H-pyrrole nitrogens is 1. The Morgan fingerprint density at radius 3 is 2.62 bits per heavy atom. The molecule has 0 unspecified atom stereocenters. The van der Waals surface area contributed by atoms with E-state index in [1.807, 2.05) is 18.2 Å². The summed E-state index contributed by atoms with van der Waals surface area (Å²) in [6.45, 7) is 0. The number of halogens is 1. The van der Waals surface area contributed by atoms with Crippen molar-refractivity contribution in [2.75, 3.05) is 0 Å². The van der Waals surface area contributed by atoms with Crippen molar-refractivity contribution in [1.82, 2.24) is 9.97 Å². The molecule has 82 valence electrons. The van der Waals surface area contributed by atoms with Crippen molar-refractivity contribution in [2.24, 2.45) is 0 Å². The fourth-order valence-corrected chi connectivity index (χ4v) is 1.82. The maximum absolute atomic E-state index is 5.13. The minimum Gasteiger partial charge on any atom is -0.334 e. The molecule has 1 heterocycles. The molecule has 0 spiro atoms. The number of hydrogen-bond donors (Lipinski definition) is 1. The molecule has 1 aromatic carbocycles. The number of benzene rings is 1. The second-order valence-corrected chi connectivity index (χ2v) is 4.76. The van der Waals surface area contributed by atoms with Gasteiger partial charge >= 0.3 is 0 Å². The molecule has 2 rings (SSSR count). The number of aryl methyl sites for hydroxylation is 2. The molecule has 2 aromatic rings. The lowest BCUT2D eigenvalue weighted by molar-refractivity contribution is 0.851. The normalized spacial score (nSPS) is 10.3. The zero-order chi connectivity index (χ0) is 11.4. The molecule has 1 N–H and O–H groups in total. The van der Waals surface area contributed by atoms with Crippen LogP contribution in [0.3, 0.4) is 0 Å². The van der Waals surface area contributed by atoms with Crippen molar-refractivity contribution in [3.8, 4) is 0 Å². The highest BCUT2D eigenvalue weighted by Gasteiger charge is 1.98. The van der Waals surface area contributed by atoms with Gasteiger partial charge in [0.05, 0.1) is 4.47 Å². The van der Waals surface area contributed by atoms with Gasteiger partial charge in [-0.2, -0.15) is 0 Å². The molecule has 0 aliphatic heterocycles. The first kappa shape index (κ1) is 11.5. The first-order chi connectivity index (χ1) is 7.75. The van der Waals surface area contributed by atoms with E-state index in [-0.39, 0.29) is 0 Å². The van der Waals surface area contributed by atoms with Crippen LogP contribution in [0.4, 0.5) is 0 Å². The van der Waals surface area contributed by atoms with Crippen LogP contribution in [-0.4, -0.2) is 9.97 Å². The largest absolute Gasteiger partial charge is 0.334 e. The minimum atomic E-state index is 0.707. The summed E-state index contributed by atoms with van der Waals surface area (Å²) in [5.74, 6) is 0.928. The zero-order valence-electron chi connectivity index (χ0n) is 8.61. The third kappa shape index (κ3) is 3.00. The average molecular weight is 295 g/mol. The summed E-state index contributed by atoms with van der Waals surface area (Å²) >= 11 is 8.46. The van der Waals surface area contributed by atoms with Crippen molar-refractivity contribution >= 4 is 28.1 Å². The average Bonchev–Trinajstić information content (AvgIpc) is 2.32. The van der Waals surface area contributed by atoms with Gasteiger partial charge in [0.2, 0.25) is 0 Å². The summed E-state index contributed by atoms with van der Waals surface area (Å²) in [5, 5.41) is 0. The number of nitrogens with zero attached hydrogens (tertiary/aromatic N) is 1. The van der Waals surface area contributed by atoms with Crippen LogP contribution in [-0.2, 0) is 12.8 Å². The maximum Gasteiger partial charge on any atom is 0.120 e. The van der Waals surface area contributed by atoms with E-state index >= 15 is 0 Å². The summed E-state index contributed by atoms with van der Waals surface area (Å²) in [4.78, 5) is 7.39. The fraction of sp³-hybridized carbons (Fsp3) is 0.167. The lowest BCUT2D eigenvalue weighted by atomic mass is 10.1. The van der Waals surface area contributed by atoms with Crippen molar-refractivity contribution in [3.05, 3.63) is 57.0 Å². The van der Waals surface area contributed by atoms with Gasteiger partial charge in [-0.25, -0.2) is 4.98 Å². The monoisotopic (exact) mass is 294 g/mol. The molecule has 0 amide bonds. The molecule has 0 aliphatic carbocycles. The van der Waals surface area contributed by atoms with Crippen molar-refractivity contribution in [1.29, 1.82) is 0 Å². The molecule has 4 heteroatoms. The molecule has 16 heavy (non-hydrogen) atoms. The van der Waals surface area contributed by atoms with Crippen LogP contribution in [0.1, 0.15) is 11.4 Å². The van der Waals surface area contributed by atoms with Gasteiger partial charge in [0.1, 0.15) is 10.5 Å². The first-order valence-electron chi connectivity index (χ1n) is 5.03. The second-order valence-electron chi connectivity index (χ2n) is 3.49. The van der Waals surface area contributed by atoms with E-state index in [9.17, 15) is 0 Å². The number of aromatic amines is 1. The molecule has 0 atom stereocenters. The number of aromatic nitrogens is 2. The van der Waals surface area contributed by atoms with Gasteiger partial charge in [0.15, 0.2) is 0 Å². The van der Waals surface area contributed by atoms with E-state index in [4.69, 9.17) is 12.2 Å². The molecule has 0 bridgehead atoms.